The van der Waals surface area contributed by atoms with Crippen molar-refractivity contribution in [2.75, 3.05) is 23.3 Å². The van der Waals surface area contributed by atoms with Gasteiger partial charge in [-0.1, -0.05) is 15.9 Å². The number of nitrogens with zero attached hydrogens (tertiary/aromatic N) is 1. The molecule has 0 spiro atoms. The van der Waals surface area contributed by atoms with Crippen molar-refractivity contribution in [1.82, 2.24) is 0 Å². The Bertz CT molecular complexity index is 1400. The number of ether oxygens (including phenoxy) is 1. The third-order valence-corrected chi connectivity index (χ3v) is 8.61. The van der Waals surface area contributed by atoms with Gasteiger partial charge in [0.15, 0.2) is 0 Å². The molecule has 0 saturated carbocycles. The lowest BCUT2D eigenvalue weighted by molar-refractivity contribution is 0.103. The van der Waals surface area contributed by atoms with Crippen molar-refractivity contribution in [3.63, 3.8) is 0 Å². The second-order valence-electron chi connectivity index (χ2n) is 7.14. The molecule has 0 saturated heterocycles. The van der Waals surface area contributed by atoms with Crippen LogP contribution in [0.5, 0.6) is 5.75 Å². The van der Waals surface area contributed by atoms with Crippen molar-refractivity contribution in [3.8, 4) is 5.75 Å². The topological polar surface area (TPSA) is 75.7 Å². The van der Waals surface area contributed by atoms with Crippen LogP contribution in [0.25, 0.3) is 10.1 Å². The summed E-state index contributed by atoms with van der Waals surface area (Å²) >= 11 is 4.69. The molecular weight excluding hydrogens is 524 g/mol. The molecule has 6 nitrogen and oxygen atoms in total. The molecule has 0 bridgehead atoms. The maximum absolute atomic E-state index is 13.2. The molecule has 1 N–H and O–H groups in total. The molecule has 33 heavy (non-hydrogen) atoms. The van der Waals surface area contributed by atoms with Gasteiger partial charge in [-0.2, -0.15) is 0 Å². The van der Waals surface area contributed by atoms with Gasteiger partial charge >= 0.3 is 0 Å². The fourth-order valence-corrected chi connectivity index (χ4v) is 6.06. The fraction of sp³-hybridized carbons (Fsp3) is 0.125. The van der Waals surface area contributed by atoms with Gasteiger partial charge in [-0.25, -0.2) is 8.42 Å². The number of rotatable bonds is 7. The molecule has 0 atom stereocenters. The molecular formula is C24H21BrN2O4S2. The van der Waals surface area contributed by atoms with Crippen molar-refractivity contribution < 1.29 is 17.9 Å². The predicted octanol–water partition coefficient (Wildman–Crippen LogP) is 6.14. The van der Waals surface area contributed by atoms with Crippen LogP contribution in [0.1, 0.15) is 16.6 Å². The Kier molecular flexibility index (Phi) is 6.73. The van der Waals surface area contributed by atoms with Gasteiger partial charge in [-0.15, -0.1) is 11.3 Å². The SMILES string of the molecule is CCN(c1ccc2sc(C(=O)Nc3ccc(OC)cc3)cc2c1)S(=O)(=O)c1ccc(Br)cc1. The maximum atomic E-state index is 13.2. The molecule has 1 amide bonds. The predicted molar refractivity (Wildman–Crippen MR) is 137 cm³/mol. The van der Waals surface area contributed by atoms with Crippen LogP contribution in [-0.4, -0.2) is 28.0 Å². The van der Waals surface area contributed by atoms with Gasteiger partial charge in [0.1, 0.15) is 5.75 Å². The summed E-state index contributed by atoms with van der Waals surface area (Å²) in [5, 5.41) is 3.68. The van der Waals surface area contributed by atoms with Crippen molar-refractivity contribution in [2.24, 2.45) is 0 Å². The van der Waals surface area contributed by atoms with Crippen LogP contribution in [0.3, 0.4) is 0 Å². The first-order chi connectivity index (χ1) is 15.8. The van der Waals surface area contributed by atoms with Crippen LogP contribution in [0.2, 0.25) is 0 Å². The fourth-order valence-electron chi connectivity index (χ4n) is 3.39. The molecule has 3 aromatic carbocycles. The van der Waals surface area contributed by atoms with E-state index < -0.39 is 10.0 Å². The summed E-state index contributed by atoms with van der Waals surface area (Å²) in [6.45, 7) is 2.07. The first-order valence-corrected chi connectivity index (χ1v) is 13.1. The summed E-state index contributed by atoms with van der Waals surface area (Å²) in [5.74, 6) is 0.485. The number of nitrogens with one attached hydrogen (secondary N) is 1. The number of methoxy groups -OCH3 is 1. The van der Waals surface area contributed by atoms with E-state index in [9.17, 15) is 13.2 Å². The van der Waals surface area contributed by atoms with Crippen LogP contribution in [-0.2, 0) is 10.0 Å². The highest BCUT2D eigenvalue weighted by Crippen LogP contribution is 2.32. The van der Waals surface area contributed by atoms with E-state index in [1.807, 2.05) is 6.07 Å². The Labute approximate surface area is 205 Å². The maximum Gasteiger partial charge on any atom is 0.265 e. The largest absolute Gasteiger partial charge is 0.497 e. The number of carbonyl (C=O) groups is 1. The van der Waals surface area contributed by atoms with E-state index in [1.54, 1.807) is 80.8 Å². The van der Waals surface area contributed by atoms with Gasteiger partial charge in [-0.3, -0.25) is 9.10 Å². The molecule has 0 radical (unpaired) electrons. The molecule has 170 valence electrons. The monoisotopic (exact) mass is 544 g/mol. The number of anilines is 2. The summed E-state index contributed by atoms with van der Waals surface area (Å²) in [7, 11) is -2.13. The number of carbonyl (C=O) groups excluding carboxylic acids is 1. The first-order valence-electron chi connectivity index (χ1n) is 10.1. The summed E-state index contributed by atoms with van der Waals surface area (Å²) in [5.41, 5.74) is 1.21. The lowest BCUT2D eigenvalue weighted by Gasteiger charge is -2.23. The minimum absolute atomic E-state index is 0.220. The van der Waals surface area contributed by atoms with E-state index in [0.29, 0.717) is 22.0 Å². The van der Waals surface area contributed by atoms with Crippen LogP contribution >= 0.6 is 27.3 Å². The first kappa shape index (κ1) is 23.3. The highest BCUT2D eigenvalue weighted by atomic mass is 79.9. The lowest BCUT2D eigenvalue weighted by Crippen LogP contribution is -2.30. The van der Waals surface area contributed by atoms with Crippen LogP contribution in [0.4, 0.5) is 11.4 Å². The minimum Gasteiger partial charge on any atom is -0.497 e. The van der Waals surface area contributed by atoms with Crippen LogP contribution < -0.4 is 14.4 Å². The summed E-state index contributed by atoms with van der Waals surface area (Å²) in [6.07, 6.45) is 0. The van der Waals surface area contributed by atoms with E-state index in [1.165, 1.54) is 15.6 Å². The van der Waals surface area contributed by atoms with Gasteiger partial charge in [0.05, 0.1) is 22.6 Å². The normalized spacial score (nSPS) is 11.4. The zero-order valence-electron chi connectivity index (χ0n) is 17.9. The standard InChI is InChI=1S/C24H21BrN2O4S2/c1-3-27(33(29,30)21-11-4-17(25)5-12-21)19-8-13-22-16(14-19)15-23(32-22)24(28)26-18-6-9-20(31-2)10-7-18/h4-15H,3H2,1-2H3,(H,26,28). The molecule has 1 heterocycles. The average Bonchev–Trinajstić information content (AvgIpc) is 3.24. The van der Waals surface area contributed by atoms with E-state index in [-0.39, 0.29) is 17.3 Å². The second-order valence-corrected chi connectivity index (χ2v) is 11.0. The quantitative estimate of drug-likeness (QED) is 0.303. The minimum atomic E-state index is -3.72. The number of thiophene rings is 1. The van der Waals surface area contributed by atoms with E-state index in [0.717, 1.165) is 14.6 Å². The molecule has 0 aliphatic heterocycles. The molecule has 0 aliphatic carbocycles. The van der Waals surface area contributed by atoms with E-state index in [2.05, 4.69) is 21.2 Å². The summed E-state index contributed by atoms with van der Waals surface area (Å²) in [4.78, 5) is 13.5. The van der Waals surface area contributed by atoms with Gasteiger partial charge in [0, 0.05) is 21.4 Å². The zero-order chi connectivity index (χ0) is 23.6. The Morgan fingerprint density at radius 2 is 1.73 bits per heavy atom. The highest BCUT2D eigenvalue weighted by molar-refractivity contribution is 9.10. The third kappa shape index (κ3) is 4.90. The third-order valence-electron chi connectivity index (χ3n) is 5.05. The Morgan fingerprint density at radius 1 is 1.03 bits per heavy atom. The van der Waals surface area contributed by atoms with Crippen molar-refractivity contribution in [3.05, 3.63) is 82.1 Å². The van der Waals surface area contributed by atoms with Gasteiger partial charge in [0.2, 0.25) is 0 Å². The second kappa shape index (κ2) is 9.54. The van der Waals surface area contributed by atoms with Crippen LogP contribution in [0.15, 0.2) is 82.2 Å². The van der Waals surface area contributed by atoms with E-state index in [4.69, 9.17) is 4.74 Å². The van der Waals surface area contributed by atoms with Crippen molar-refractivity contribution in [1.29, 1.82) is 0 Å². The number of sulfonamides is 1. The van der Waals surface area contributed by atoms with Crippen molar-refractivity contribution in [2.45, 2.75) is 11.8 Å². The molecule has 4 aromatic rings. The average molecular weight is 545 g/mol. The summed E-state index contributed by atoms with van der Waals surface area (Å²) in [6, 6.07) is 20.9. The zero-order valence-corrected chi connectivity index (χ0v) is 21.1. The Balaban J connectivity index is 1.61. The molecule has 9 heteroatoms. The van der Waals surface area contributed by atoms with Gasteiger partial charge < -0.3 is 10.1 Å². The molecule has 1 aromatic heterocycles. The Morgan fingerprint density at radius 3 is 2.36 bits per heavy atom. The number of fused-ring (bicyclic) bond motifs is 1. The highest BCUT2D eigenvalue weighted by Gasteiger charge is 2.24. The van der Waals surface area contributed by atoms with E-state index >= 15 is 0 Å². The number of halogens is 1. The number of hydrogen-bond acceptors (Lipinski definition) is 5. The smallest absolute Gasteiger partial charge is 0.265 e. The molecule has 4 rings (SSSR count). The summed E-state index contributed by atoms with van der Waals surface area (Å²) < 4.78 is 34.6. The number of hydrogen-bond donors (Lipinski definition) is 1. The number of amides is 1. The lowest BCUT2D eigenvalue weighted by atomic mass is 10.2. The van der Waals surface area contributed by atoms with Crippen molar-refractivity contribution >= 4 is 64.7 Å². The van der Waals surface area contributed by atoms with Gasteiger partial charge in [0.25, 0.3) is 15.9 Å². The number of benzene rings is 3. The molecule has 0 aliphatic rings. The molecule has 0 unspecified atom stereocenters. The molecule has 0 fully saturated rings. The Hall–Kier alpha value is -2.88. The van der Waals surface area contributed by atoms with Gasteiger partial charge in [-0.05, 0) is 85.1 Å². The van der Waals surface area contributed by atoms with Crippen LogP contribution in [0, 0.1) is 0 Å².